The average Bonchev–Trinajstić information content (AvgIpc) is 3.61. The SMILES string of the molecule is Cc1[c-]n(-c2[c-]c3c(cc2)c2ccccc2n3-c2ccc3c4ccccc4n(-c4[c-]cccc4)c3n2)c(C)c1.[Pt]. The minimum Gasteiger partial charge on any atom is -0.469 e. The fourth-order valence-corrected chi connectivity index (χ4v) is 5.90. The topological polar surface area (TPSA) is 27.7 Å². The minimum atomic E-state index is 0. The van der Waals surface area contributed by atoms with Gasteiger partial charge in [-0.25, -0.2) is 4.98 Å². The van der Waals surface area contributed by atoms with Gasteiger partial charge < -0.3 is 13.7 Å². The molecule has 0 atom stereocenters. The number of hydrogen-bond acceptors (Lipinski definition) is 1. The van der Waals surface area contributed by atoms with Crippen molar-refractivity contribution in [2.45, 2.75) is 13.8 Å². The number of pyridine rings is 1. The third kappa shape index (κ3) is 3.60. The van der Waals surface area contributed by atoms with E-state index in [-0.39, 0.29) is 21.1 Å². The number of fused-ring (bicyclic) bond motifs is 6. The molecule has 196 valence electrons. The van der Waals surface area contributed by atoms with E-state index in [4.69, 9.17) is 4.98 Å². The van der Waals surface area contributed by atoms with Crippen LogP contribution in [0.25, 0.3) is 60.9 Å². The molecule has 0 aliphatic carbocycles. The summed E-state index contributed by atoms with van der Waals surface area (Å²) in [6.45, 7) is 4.17. The maximum Gasteiger partial charge on any atom is 0.146 e. The van der Waals surface area contributed by atoms with Crippen LogP contribution in [0.5, 0.6) is 0 Å². The van der Waals surface area contributed by atoms with Gasteiger partial charge in [-0.15, -0.1) is 22.7 Å². The second kappa shape index (κ2) is 9.36. The molecule has 0 spiro atoms. The van der Waals surface area contributed by atoms with Gasteiger partial charge in [0.05, 0.1) is 5.52 Å². The van der Waals surface area contributed by atoms with Crippen LogP contribution in [0.2, 0.25) is 0 Å². The molecule has 4 heterocycles. The van der Waals surface area contributed by atoms with E-state index in [1.165, 1.54) is 10.8 Å². The number of rotatable bonds is 3. The van der Waals surface area contributed by atoms with E-state index < -0.39 is 0 Å². The van der Waals surface area contributed by atoms with E-state index >= 15 is 0 Å². The van der Waals surface area contributed by atoms with Crippen molar-refractivity contribution in [3.05, 3.63) is 133 Å². The van der Waals surface area contributed by atoms with Crippen LogP contribution in [-0.2, 0) is 21.1 Å². The molecule has 4 aromatic heterocycles. The van der Waals surface area contributed by atoms with Gasteiger partial charge in [-0.1, -0.05) is 67.6 Å². The number of para-hydroxylation sites is 3. The van der Waals surface area contributed by atoms with Crippen LogP contribution in [0.15, 0.2) is 103 Å². The Labute approximate surface area is 246 Å². The number of benzene rings is 4. The van der Waals surface area contributed by atoms with Crippen LogP contribution in [0.3, 0.4) is 0 Å². The Morgan fingerprint density at radius 3 is 2.08 bits per heavy atom. The molecule has 4 aromatic carbocycles. The predicted octanol–water partition coefficient (Wildman–Crippen LogP) is 8.08. The average molecular weight is 695 g/mol. The molecule has 0 saturated carbocycles. The molecule has 0 unspecified atom stereocenters. The van der Waals surface area contributed by atoms with Crippen LogP contribution < -0.4 is 0 Å². The Hall–Kier alpha value is -4.40. The molecule has 4 nitrogen and oxygen atoms in total. The molecule has 0 aliphatic rings. The third-order valence-corrected chi connectivity index (χ3v) is 7.55. The Bertz CT molecular complexity index is 2200. The van der Waals surface area contributed by atoms with Gasteiger partial charge in [-0.2, -0.15) is 54.2 Å². The number of aryl methyl sites for hydroxylation is 2. The summed E-state index contributed by atoms with van der Waals surface area (Å²) in [7, 11) is 0. The van der Waals surface area contributed by atoms with E-state index in [2.05, 4.69) is 131 Å². The zero-order chi connectivity index (χ0) is 26.1. The van der Waals surface area contributed by atoms with Crippen molar-refractivity contribution >= 4 is 43.7 Å². The summed E-state index contributed by atoms with van der Waals surface area (Å²) in [5.74, 6) is 0.853. The van der Waals surface area contributed by atoms with Gasteiger partial charge in [0.2, 0.25) is 0 Å². The number of hydrogen-bond donors (Lipinski definition) is 0. The number of nitrogens with zero attached hydrogens (tertiary/aromatic N) is 4. The molecule has 0 saturated heterocycles. The second-order valence-corrected chi connectivity index (χ2v) is 10.0. The van der Waals surface area contributed by atoms with Crippen molar-refractivity contribution in [3.63, 3.8) is 0 Å². The summed E-state index contributed by atoms with van der Waals surface area (Å²) in [5, 5.41) is 4.62. The van der Waals surface area contributed by atoms with Gasteiger partial charge in [-0.05, 0) is 29.7 Å². The van der Waals surface area contributed by atoms with Gasteiger partial charge in [0.25, 0.3) is 0 Å². The normalized spacial score (nSPS) is 11.6. The van der Waals surface area contributed by atoms with Crippen molar-refractivity contribution in [3.8, 4) is 17.2 Å². The smallest absolute Gasteiger partial charge is 0.146 e. The molecule has 8 rings (SSSR count). The molecule has 0 fully saturated rings. The predicted molar refractivity (Wildman–Crippen MR) is 158 cm³/mol. The fourth-order valence-electron chi connectivity index (χ4n) is 5.90. The third-order valence-electron chi connectivity index (χ3n) is 7.55. The summed E-state index contributed by atoms with van der Waals surface area (Å²) < 4.78 is 6.52. The van der Waals surface area contributed by atoms with E-state index in [9.17, 15) is 0 Å². The molecular weight excluding hydrogens is 671 g/mol. The van der Waals surface area contributed by atoms with Gasteiger partial charge in [0.15, 0.2) is 0 Å². The van der Waals surface area contributed by atoms with Crippen LogP contribution in [-0.4, -0.2) is 18.7 Å². The minimum absolute atomic E-state index is 0. The van der Waals surface area contributed by atoms with E-state index in [1.54, 1.807) is 0 Å². The van der Waals surface area contributed by atoms with Gasteiger partial charge in [0, 0.05) is 37.4 Å². The van der Waals surface area contributed by atoms with Gasteiger partial charge in [-0.3, -0.25) is 0 Å². The molecular formula is C35H23N4Pt-3. The Kier molecular flexibility index (Phi) is 5.76. The Morgan fingerprint density at radius 1 is 0.650 bits per heavy atom. The summed E-state index contributed by atoms with van der Waals surface area (Å²) in [6.07, 6.45) is 3.44. The molecule has 0 aliphatic heterocycles. The van der Waals surface area contributed by atoms with Crippen molar-refractivity contribution in [1.82, 2.24) is 18.7 Å². The summed E-state index contributed by atoms with van der Waals surface area (Å²) in [6, 6.07) is 42.9. The first-order chi connectivity index (χ1) is 19.2. The summed E-state index contributed by atoms with van der Waals surface area (Å²) in [5.41, 5.74) is 8.30. The molecule has 0 bridgehead atoms. The first kappa shape index (κ1) is 24.6. The largest absolute Gasteiger partial charge is 0.469 e. The first-order valence-electron chi connectivity index (χ1n) is 13.1. The van der Waals surface area contributed by atoms with Crippen molar-refractivity contribution < 1.29 is 21.1 Å². The second-order valence-electron chi connectivity index (χ2n) is 10.0. The van der Waals surface area contributed by atoms with Gasteiger partial charge in [0.1, 0.15) is 11.5 Å². The van der Waals surface area contributed by atoms with E-state index in [0.717, 1.165) is 61.4 Å². The van der Waals surface area contributed by atoms with Gasteiger partial charge >= 0.3 is 0 Å². The number of aromatic nitrogens is 4. The Balaban J connectivity index is 0.00000264. The Morgan fingerprint density at radius 2 is 1.35 bits per heavy atom. The molecule has 0 N–H and O–H groups in total. The molecule has 5 heteroatoms. The fraction of sp³-hybridized carbons (Fsp3) is 0.0571. The molecule has 8 aromatic rings. The maximum atomic E-state index is 5.33. The van der Waals surface area contributed by atoms with Crippen LogP contribution >= 0.6 is 0 Å². The maximum absolute atomic E-state index is 5.33. The quantitative estimate of drug-likeness (QED) is 0.172. The first-order valence-corrected chi connectivity index (χ1v) is 13.1. The van der Waals surface area contributed by atoms with E-state index in [1.807, 2.05) is 18.2 Å². The molecule has 0 radical (unpaired) electrons. The van der Waals surface area contributed by atoms with Crippen LogP contribution in [0.1, 0.15) is 11.3 Å². The zero-order valence-corrected chi connectivity index (χ0v) is 24.2. The van der Waals surface area contributed by atoms with Crippen LogP contribution in [0, 0.1) is 32.2 Å². The summed E-state index contributed by atoms with van der Waals surface area (Å²) in [4.78, 5) is 5.33. The van der Waals surface area contributed by atoms with Crippen molar-refractivity contribution in [2.75, 3.05) is 0 Å². The monoisotopic (exact) mass is 694 g/mol. The molecule has 0 amide bonds. The van der Waals surface area contributed by atoms with Crippen LogP contribution in [0.4, 0.5) is 0 Å². The van der Waals surface area contributed by atoms with E-state index in [0.29, 0.717) is 0 Å². The standard InChI is InChI=1S/C35H23N4.Pt/c1-23-20-24(2)37(22-23)26-16-17-29-27-12-6-9-15-32(27)39(33(29)21-26)34-19-18-30-28-13-7-8-14-31(28)38(35(30)36-34)25-10-4-3-5-11-25;/h3-10,12-20H,1-2H3;/q-3;. The van der Waals surface area contributed by atoms with Crippen molar-refractivity contribution in [1.29, 1.82) is 0 Å². The van der Waals surface area contributed by atoms with Crippen molar-refractivity contribution in [2.24, 2.45) is 0 Å². The summed E-state index contributed by atoms with van der Waals surface area (Å²) >= 11 is 0. The molecule has 40 heavy (non-hydrogen) atoms. The zero-order valence-electron chi connectivity index (χ0n) is 21.9.